The van der Waals surface area contributed by atoms with E-state index in [9.17, 15) is 0 Å². The number of hydrogen-bond acceptors (Lipinski definition) is 4. The van der Waals surface area contributed by atoms with Crippen LogP contribution in [0.15, 0.2) is 34.9 Å². The van der Waals surface area contributed by atoms with Crippen LogP contribution in [0.3, 0.4) is 0 Å². The van der Waals surface area contributed by atoms with Crippen molar-refractivity contribution in [2.75, 3.05) is 12.3 Å². The Morgan fingerprint density at radius 3 is 3.00 bits per heavy atom. The van der Waals surface area contributed by atoms with Gasteiger partial charge in [-0.2, -0.15) is 0 Å². The second-order valence-electron chi connectivity index (χ2n) is 3.92. The van der Waals surface area contributed by atoms with Crippen molar-refractivity contribution >= 4 is 6.01 Å². The van der Waals surface area contributed by atoms with Gasteiger partial charge in [-0.1, -0.05) is 18.2 Å². The molecule has 0 spiro atoms. The molecule has 82 valence electrons. The van der Waals surface area contributed by atoms with E-state index in [-0.39, 0.29) is 11.9 Å². The number of nitrogens with zero attached hydrogens (tertiary/aromatic N) is 1. The Balaban J connectivity index is 1.88. The van der Waals surface area contributed by atoms with E-state index in [0.717, 1.165) is 17.9 Å². The first kappa shape index (κ1) is 9.27. The quantitative estimate of drug-likeness (QED) is 0.791. The summed E-state index contributed by atoms with van der Waals surface area (Å²) in [5.41, 5.74) is 6.66. The molecule has 0 saturated carbocycles. The van der Waals surface area contributed by atoms with Gasteiger partial charge in [-0.25, -0.2) is 4.98 Å². The van der Waals surface area contributed by atoms with Gasteiger partial charge in [0, 0.05) is 0 Å². The highest BCUT2D eigenvalue weighted by Gasteiger charge is 2.23. The largest absolute Gasteiger partial charge is 0.493 e. The lowest BCUT2D eigenvalue weighted by Crippen LogP contribution is -2.18. The van der Waals surface area contributed by atoms with Gasteiger partial charge in [0.2, 0.25) is 0 Å². The molecule has 0 amide bonds. The molecule has 4 nitrogen and oxygen atoms in total. The van der Waals surface area contributed by atoms with E-state index < -0.39 is 0 Å². The molecule has 3 rings (SSSR count). The molecule has 1 aromatic carbocycles. The number of benzene rings is 1. The zero-order valence-corrected chi connectivity index (χ0v) is 8.72. The highest BCUT2D eigenvalue weighted by Crippen LogP contribution is 2.32. The molecule has 1 aromatic heterocycles. The summed E-state index contributed by atoms with van der Waals surface area (Å²) in [6.07, 6.45) is 2.59. The van der Waals surface area contributed by atoms with Gasteiger partial charge in [0.05, 0.1) is 18.7 Å². The summed E-state index contributed by atoms with van der Waals surface area (Å²) in [5.74, 6) is 1.97. The summed E-state index contributed by atoms with van der Waals surface area (Å²) < 4.78 is 11.0. The molecule has 1 unspecified atom stereocenters. The molecule has 4 heteroatoms. The lowest BCUT2D eigenvalue weighted by atomic mass is 9.95. The maximum atomic E-state index is 5.67. The Morgan fingerprint density at radius 2 is 2.19 bits per heavy atom. The SMILES string of the molecule is Nc1ncc(C2COc3ccccc3C2)o1. The van der Waals surface area contributed by atoms with Crippen molar-refractivity contribution in [2.24, 2.45) is 0 Å². The number of hydrogen-bond donors (Lipinski definition) is 1. The first-order valence-corrected chi connectivity index (χ1v) is 5.25. The normalized spacial score (nSPS) is 18.9. The van der Waals surface area contributed by atoms with Gasteiger partial charge in [-0.15, -0.1) is 0 Å². The van der Waals surface area contributed by atoms with Crippen molar-refractivity contribution in [3.05, 3.63) is 41.8 Å². The van der Waals surface area contributed by atoms with E-state index in [4.69, 9.17) is 14.9 Å². The molecule has 1 aliphatic heterocycles. The molecule has 0 aliphatic carbocycles. The topological polar surface area (TPSA) is 61.3 Å². The minimum absolute atomic E-state index is 0.208. The number of oxazole rings is 1. The van der Waals surface area contributed by atoms with Crippen LogP contribution in [0.4, 0.5) is 6.01 Å². The molecule has 1 atom stereocenters. The summed E-state index contributed by atoms with van der Waals surface area (Å²) in [6, 6.07) is 8.26. The Morgan fingerprint density at radius 1 is 1.31 bits per heavy atom. The fraction of sp³-hybridized carbons (Fsp3) is 0.250. The average Bonchev–Trinajstić information content (AvgIpc) is 2.75. The van der Waals surface area contributed by atoms with E-state index in [1.165, 1.54) is 5.56 Å². The van der Waals surface area contributed by atoms with Crippen LogP contribution in [0, 0.1) is 0 Å². The minimum Gasteiger partial charge on any atom is -0.493 e. The fourth-order valence-electron chi connectivity index (χ4n) is 2.00. The van der Waals surface area contributed by atoms with Crippen LogP contribution in [0.1, 0.15) is 17.2 Å². The molecular formula is C12H12N2O2. The second kappa shape index (κ2) is 3.56. The molecule has 0 fully saturated rings. The third-order valence-corrected chi connectivity index (χ3v) is 2.82. The number of para-hydroxylation sites is 1. The van der Waals surface area contributed by atoms with Crippen LogP contribution in [0.5, 0.6) is 5.75 Å². The van der Waals surface area contributed by atoms with Gasteiger partial charge in [0.15, 0.2) is 0 Å². The summed E-state index contributed by atoms with van der Waals surface area (Å²) in [6.45, 7) is 0.617. The van der Waals surface area contributed by atoms with Gasteiger partial charge in [0.1, 0.15) is 11.5 Å². The predicted molar refractivity (Wildman–Crippen MR) is 59.3 cm³/mol. The molecule has 16 heavy (non-hydrogen) atoms. The summed E-state index contributed by atoms with van der Waals surface area (Å²) in [5, 5.41) is 0. The van der Waals surface area contributed by atoms with Gasteiger partial charge in [-0.05, 0) is 18.1 Å². The molecule has 2 aromatic rings. The van der Waals surface area contributed by atoms with E-state index in [0.29, 0.717) is 6.61 Å². The monoisotopic (exact) mass is 216 g/mol. The van der Waals surface area contributed by atoms with Gasteiger partial charge in [-0.3, -0.25) is 0 Å². The Labute approximate surface area is 93.0 Å². The van der Waals surface area contributed by atoms with Crippen molar-refractivity contribution < 1.29 is 9.15 Å². The van der Waals surface area contributed by atoms with Gasteiger partial charge >= 0.3 is 0 Å². The number of ether oxygens (including phenoxy) is 1. The molecule has 0 saturated heterocycles. The van der Waals surface area contributed by atoms with Gasteiger partial charge < -0.3 is 14.9 Å². The van der Waals surface area contributed by atoms with Crippen molar-refractivity contribution in [1.29, 1.82) is 0 Å². The zero-order valence-electron chi connectivity index (χ0n) is 8.72. The summed E-state index contributed by atoms with van der Waals surface area (Å²) >= 11 is 0. The third kappa shape index (κ3) is 1.52. The molecule has 0 radical (unpaired) electrons. The number of nitrogen functional groups attached to an aromatic ring is 1. The number of anilines is 1. The third-order valence-electron chi connectivity index (χ3n) is 2.82. The number of aromatic nitrogens is 1. The molecule has 0 bridgehead atoms. The molecule has 2 N–H and O–H groups in total. The molecule has 1 aliphatic rings. The van der Waals surface area contributed by atoms with Crippen LogP contribution < -0.4 is 10.5 Å². The predicted octanol–water partition coefficient (Wildman–Crippen LogP) is 1.98. The fourth-order valence-corrected chi connectivity index (χ4v) is 2.00. The van der Waals surface area contributed by atoms with E-state index in [2.05, 4.69) is 11.1 Å². The van der Waals surface area contributed by atoms with Crippen molar-refractivity contribution in [3.8, 4) is 5.75 Å². The highest BCUT2D eigenvalue weighted by atomic mass is 16.5. The Bertz CT molecular complexity index is 507. The van der Waals surface area contributed by atoms with Crippen LogP contribution in [0.25, 0.3) is 0 Å². The maximum absolute atomic E-state index is 5.67. The molecule has 2 heterocycles. The lowest BCUT2D eigenvalue weighted by Gasteiger charge is -2.23. The maximum Gasteiger partial charge on any atom is 0.292 e. The summed E-state index contributed by atoms with van der Waals surface area (Å²) in [4.78, 5) is 3.90. The van der Waals surface area contributed by atoms with Crippen molar-refractivity contribution in [1.82, 2.24) is 4.98 Å². The second-order valence-corrected chi connectivity index (χ2v) is 3.92. The van der Waals surface area contributed by atoms with Crippen molar-refractivity contribution in [3.63, 3.8) is 0 Å². The average molecular weight is 216 g/mol. The van der Waals surface area contributed by atoms with Crippen LogP contribution in [-0.4, -0.2) is 11.6 Å². The standard InChI is InChI=1S/C12H12N2O2/c13-12-14-6-11(16-12)9-5-8-3-1-2-4-10(8)15-7-9/h1-4,6,9H,5,7H2,(H2,13,14). The van der Waals surface area contributed by atoms with Crippen molar-refractivity contribution in [2.45, 2.75) is 12.3 Å². The van der Waals surface area contributed by atoms with Gasteiger partial charge in [0.25, 0.3) is 6.01 Å². The van der Waals surface area contributed by atoms with Crippen LogP contribution >= 0.6 is 0 Å². The highest BCUT2D eigenvalue weighted by molar-refractivity contribution is 5.36. The summed E-state index contributed by atoms with van der Waals surface area (Å²) in [7, 11) is 0. The first-order chi connectivity index (χ1) is 7.83. The first-order valence-electron chi connectivity index (χ1n) is 5.25. The van der Waals surface area contributed by atoms with Crippen LogP contribution in [0.2, 0.25) is 0 Å². The Kier molecular flexibility index (Phi) is 2.06. The number of fused-ring (bicyclic) bond motifs is 1. The molecular weight excluding hydrogens is 204 g/mol. The van der Waals surface area contributed by atoms with Crippen LogP contribution in [-0.2, 0) is 6.42 Å². The number of rotatable bonds is 1. The van der Waals surface area contributed by atoms with E-state index >= 15 is 0 Å². The smallest absolute Gasteiger partial charge is 0.292 e. The lowest BCUT2D eigenvalue weighted by molar-refractivity contribution is 0.246. The zero-order chi connectivity index (χ0) is 11.0. The minimum atomic E-state index is 0.208. The van der Waals surface area contributed by atoms with E-state index in [1.807, 2.05) is 18.2 Å². The Hall–Kier alpha value is -1.97. The number of nitrogens with two attached hydrogens (primary N) is 1. The van der Waals surface area contributed by atoms with E-state index in [1.54, 1.807) is 6.20 Å².